The van der Waals surface area contributed by atoms with Crippen LogP contribution in [0.2, 0.25) is 0 Å². The van der Waals surface area contributed by atoms with E-state index in [-0.39, 0.29) is 6.10 Å². The molecule has 2 N–H and O–H groups in total. The molecule has 0 bridgehead atoms. The maximum absolute atomic E-state index is 9.43. The number of para-hydroxylation sites is 1. The summed E-state index contributed by atoms with van der Waals surface area (Å²) >= 11 is 0. The molecule has 1 unspecified atom stereocenters. The van der Waals surface area contributed by atoms with Crippen LogP contribution in [0.4, 0.5) is 0 Å². The summed E-state index contributed by atoms with van der Waals surface area (Å²) in [5.41, 5.74) is 1.17. The van der Waals surface area contributed by atoms with Crippen molar-refractivity contribution in [2.24, 2.45) is 0 Å². The molecular weight excluding hydrogens is 214 g/mol. The number of hydrogen-bond acceptors (Lipinski definition) is 3. The SMILES string of the molecule is CCOc1ccccc1CNCCC(O)CC. The molecule has 0 radical (unpaired) electrons. The lowest BCUT2D eigenvalue weighted by molar-refractivity contribution is 0.159. The van der Waals surface area contributed by atoms with E-state index >= 15 is 0 Å². The zero-order valence-corrected chi connectivity index (χ0v) is 10.8. The highest BCUT2D eigenvalue weighted by Gasteiger charge is 2.03. The number of hydrogen-bond donors (Lipinski definition) is 2. The minimum Gasteiger partial charge on any atom is -0.494 e. The lowest BCUT2D eigenvalue weighted by Gasteiger charge is -2.12. The fourth-order valence-electron chi connectivity index (χ4n) is 1.64. The quantitative estimate of drug-likeness (QED) is 0.682. The van der Waals surface area contributed by atoms with Crippen LogP contribution in [-0.4, -0.2) is 24.4 Å². The first-order valence-corrected chi connectivity index (χ1v) is 6.37. The molecular formula is C14H23NO2. The fraction of sp³-hybridized carbons (Fsp3) is 0.571. The summed E-state index contributed by atoms with van der Waals surface area (Å²) < 4.78 is 5.55. The Labute approximate surface area is 104 Å². The number of benzene rings is 1. The molecule has 1 aromatic carbocycles. The Bertz CT molecular complexity index is 315. The maximum Gasteiger partial charge on any atom is 0.123 e. The molecule has 0 saturated heterocycles. The van der Waals surface area contributed by atoms with Crippen LogP contribution in [0.25, 0.3) is 0 Å². The van der Waals surface area contributed by atoms with Crippen LogP contribution >= 0.6 is 0 Å². The van der Waals surface area contributed by atoms with Crippen molar-refractivity contribution in [2.45, 2.75) is 39.3 Å². The van der Waals surface area contributed by atoms with Gasteiger partial charge in [0.25, 0.3) is 0 Å². The summed E-state index contributed by atoms with van der Waals surface area (Å²) in [6, 6.07) is 8.05. The highest BCUT2D eigenvalue weighted by molar-refractivity contribution is 5.33. The van der Waals surface area contributed by atoms with Gasteiger partial charge >= 0.3 is 0 Å². The van der Waals surface area contributed by atoms with E-state index in [1.54, 1.807) is 0 Å². The lowest BCUT2D eigenvalue weighted by Crippen LogP contribution is -2.20. The normalized spacial score (nSPS) is 12.4. The van der Waals surface area contributed by atoms with Gasteiger partial charge in [0.2, 0.25) is 0 Å². The summed E-state index contributed by atoms with van der Waals surface area (Å²) in [5.74, 6) is 0.943. The molecule has 0 saturated carbocycles. The molecule has 1 aromatic rings. The summed E-state index contributed by atoms with van der Waals surface area (Å²) in [5, 5.41) is 12.8. The Morgan fingerprint density at radius 1 is 1.29 bits per heavy atom. The third kappa shape index (κ3) is 5.20. The standard InChI is InChI=1S/C14H23NO2/c1-3-13(16)9-10-15-11-12-7-5-6-8-14(12)17-4-2/h5-8,13,15-16H,3-4,9-11H2,1-2H3. The molecule has 0 aliphatic heterocycles. The van der Waals surface area contributed by atoms with Gasteiger partial charge < -0.3 is 15.2 Å². The Balaban J connectivity index is 2.35. The van der Waals surface area contributed by atoms with Crippen molar-refractivity contribution in [1.29, 1.82) is 0 Å². The number of nitrogens with one attached hydrogen (secondary N) is 1. The summed E-state index contributed by atoms with van der Waals surface area (Å²) in [4.78, 5) is 0. The maximum atomic E-state index is 9.43. The molecule has 17 heavy (non-hydrogen) atoms. The molecule has 96 valence electrons. The molecule has 0 spiro atoms. The molecule has 1 rings (SSSR count). The van der Waals surface area contributed by atoms with Crippen LogP contribution in [0.3, 0.4) is 0 Å². The van der Waals surface area contributed by atoms with Crippen molar-refractivity contribution < 1.29 is 9.84 Å². The minimum absolute atomic E-state index is 0.190. The van der Waals surface area contributed by atoms with Crippen LogP contribution < -0.4 is 10.1 Å². The van der Waals surface area contributed by atoms with Crippen LogP contribution in [-0.2, 0) is 6.54 Å². The molecule has 1 atom stereocenters. The second kappa shape index (κ2) is 8.09. The smallest absolute Gasteiger partial charge is 0.123 e. The highest BCUT2D eigenvalue weighted by atomic mass is 16.5. The van der Waals surface area contributed by atoms with Gasteiger partial charge in [0.05, 0.1) is 12.7 Å². The summed E-state index contributed by atoms with van der Waals surface area (Å²) in [6.07, 6.45) is 1.43. The molecule has 0 aliphatic rings. The second-order valence-electron chi connectivity index (χ2n) is 4.07. The number of ether oxygens (including phenoxy) is 1. The van der Waals surface area contributed by atoms with Gasteiger partial charge in [-0.2, -0.15) is 0 Å². The van der Waals surface area contributed by atoms with E-state index in [1.807, 2.05) is 32.0 Å². The van der Waals surface area contributed by atoms with Crippen molar-refractivity contribution in [3.63, 3.8) is 0 Å². The zero-order chi connectivity index (χ0) is 12.5. The minimum atomic E-state index is -0.190. The third-order valence-electron chi connectivity index (χ3n) is 2.71. The predicted octanol–water partition coefficient (Wildman–Crippen LogP) is 2.34. The summed E-state index contributed by atoms with van der Waals surface area (Å²) in [7, 11) is 0. The van der Waals surface area contributed by atoms with E-state index < -0.39 is 0 Å². The van der Waals surface area contributed by atoms with E-state index in [0.717, 1.165) is 31.7 Å². The topological polar surface area (TPSA) is 41.5 Å². The average Bonchev–Trinajstić information content (AvgIpc) is 2.36. The van der Waals surface area contributed by atoms with Crippen molar-refractivity contribution in [3.8, 4) is 5.75 Å². The number of rotatable bonds is 8. The fourth-order valence-corrected chi connectivity index (χ4v) is 1.64. The molecule has 3 nitrogen and oxygen atoms in total. The number of aliphatic hydroxyl groups excluding tert-OH is 1. The average molecular weight is 237 g/mol. The Morgan fingerprint density at radius 2 is 2.06 bits per heavy atom. The first-order valence-electron chi connectivity index (χ1n) is 6.37. The third-order valence-corrected chi connectivity index (χ3v) is 2.71. The van der Waals surface area contributed by atoms with E-state index in [2.05, 4.69) is 11.4 Å². The first kappa shape index (κ1) is 14.0. The van der Waals surface area contributed by atoms with E-state index in [4.69, 9.17) is 4.74 Å². The largest absolute Gasteiger partial charge is 0.494 e. The van der Waals surface area contributed by atoms with Crippen LogP contribution in [0.5, 0.6) is 5.75 Å². The first-order chi connectivity index (χ1) is 8.27. The van der Waals surface area contributed by atoms with Crippen molar-refractivity contribution in [3.05, 3.63) is 29.8 Å². The second-order valence-corrected chi connectivity index (χ2v) is 4.07. The van der Waals surface area contributed by atoms with Gasteiger partial charge in [-0.1, -0.05) is 25.1 Å². The lowest BCUT2D eigenvalue weighted by atomic mass is 10.2. The van der Waals surface area contributed by atoms with E-state index in [9.17, 15) is 5.11 Å². The molecule has 3 heteroatoms. The summed E-state index contributed by atoms with van der Waals surface area (Å²) in [6.45, 7) is 6.28. The van der Waals surface area contributed by atoms with Crippen LogP contribution in [0.1, 0.15) is 32.3 Å². The van der Waals surface area contributed by atoms with Crippen molar-refractivity contribution >= 4 is 0 Å². The molecule has 0 fully saturated rings. The monoisotopic (exact) mass is 237 g/mol. The van der Waals surface area contributed by atoms with E-state index in [1.165, 1.54) is 5.56 Å². The van der Waals surface area contributed by atoms with Gasteiger partial charge in [0, 0.05) is 12.1 Å². The Morgan fingerprint density at radius 3 is 2.76 bits per heavy atom. The van der Waals surface area contributed by atoms with Crippen LogP contribution in [0.15, 0.2) is 24.3 Å². The Kier molecular flexibility index (Phi) is 6.67. The molecule has 0 amide bonds. The van der Waals surface area contributed by atoms with Crippen molar-refractivity contribution in [2.75, 3.05) is 13.2 Å². The van der Waals surface area contributed by atoms with Gasteiger partial charge in [0.15, 0.2) is 0 Å². The molecule has 0 aromatic heterocycles. The Hall–Kier alpha value is -1.06. The molecule has 0 aliphatic carbocycles. The van der Waals surface area contributed by atoms with E-state index in [0.29, 0.717) is 6.61 Å². The van der Waals surface area contributed by atoms with Gasteiger partial charge in [-0.3, -0.25) is 0 Å². The van der Waals surface area contributed by atoms with Crippen molar-refractivity contribution in [1.82, 2.24) is 5.32 Å². The van der Waals surface area contributed by atoms with Gasteiger partial charge in [0.1, 0.15) is 5.75 Å². The predicted molar refractivity (Wildman–Crippen MR) is 70.2 cm³/mol. The van der Waals surface area contributed by atoms with Gasteiger partial charge in [-0.15, -0.1) is 0 Å². The van der Waals surface area contributed by atoms with Gasteiger partial charge in [-0.05, 0) is 32.4 Å². The zero-order valence-electron chi connectivity index (χ0n) is 10.8. The van der Waals surface area contributed by atoms with Gasteiger partial charge in [-0.25, -0.2) is 0 Å². The molecule has 0 heterocycles. The number of aliphatic hydroxyl groups is 1. The van der Waals surface area contributed by atoms with Crippen LogP contribution in [0, 0.1) is 0 Å². The highest BCUT2D eigenvalue weighted by Crippen LogP contribution is 2.17.